The number of hydrogen-bond donors (Lipinski definition) is 16. The normalized spacial score (nSPS) is 48.6. The second-order valence-electron chi connectivity index (χ2n) is 31.7. The number of carboxylic acid groups (broad SMARTS) is 1. The molecule has 16 N–H and O–H groups in total. The Balaban J connectivity index is 0.960. The molecule has 0 bridgehead atoms. The monoisotopic (exact) mass is 1480 g/mol. The highest BCUT2D eigenvalue weighted by molar-refractivity contribution is 5.87. The van der Waals surface area contributed by atoms with Gasteiger partial charge in [0.25, 0.3) is 0 Å². The van der Waals surface area contributed by atoms with E-state index in [-0.39, 0.29) is 51.4 Å². The molecule has 33 heteroatoms. The standard InChI is InChI=1S/C71H104O33/c1-29-54(100-59-50(85)44(79)37(76)26-94-59)49(84)53(88)60(95-29)102-57-56(101-61-51(86)48(83)46(81)39(98-61)27-93-31(3)74)55(99-43(78)17-12-32-10-13-33(92-9)14-11-32)30(2)96-63(57)104-65(91)71-21-20-70(28-73)34(35(71)22-66(4,5)24-42(71)77)15-16-40-67(6)23-36(75)58(69(8,64(89)90)41(67)18-19-68(40,70)7)103-62-52(87)47(82)45(80)38(25-72)97-62/h10-15,17,29-30,35-42,44-63,72-73,75-77,79-88H,16,18-28H2,1-9H3,(H,89,90)/b17-12-/t29-,30+,35-,36-,37+,38+,39+,40+,41?,42+,44-,45+,46+,47-,48-,49-,50+,51+,52+,53+,54-,55-,56-,57+,58-,59-,60-,61-,62-,63-,67+,68+,69-,70-,71-/m0/s1. The number of methoxy groups -OCH3 is 1. The Hall–Kier alpha value is -4.58. The minimum absolute atomic E-state index is 0.00656. The molecule has 4 saturated carbocycles. The van der Waals surface area contributed by atoms with Gasteiger partial charge in [-0.15, -0.1) is 0 Å². The van der Waals surface area contributed by atoms with E-state index in [1.54, 1.807) is 24.3 Å². The zero-order chi connectivity index (χ0) is 76.0. The molecule has 104 heavy (non-hydrogen) atoms. The maximum Gasteiger partial charge on any atom is 0.331 e. The van der Waals surface area contributed by atoms with Crippen LogP contribution in [-0.2, 0) is 76.0 Å². The van der Waals surface area contributed by atoms with Crippen molar-refractivity contribution in [3.05, 3.63) is 47.6 Å². The van der Waals surface area contributed by atoms with Crippen LogP contribution < -0.4 is 4.74 Å². The molecule has 10 aliphatic rings. The van der Waals surface area contributed by atoms with Crippen molar-refractivity contribution in [2.45, 2.75) is 272 Å². The fourth-order valence-electron chi connectivity index (χ4n) is 19.4. The van der Waals surface area contributed by atoms with Crippen molar-refractivity contribution in [3.63, 3.8) is 0 Å². The average Bonchev–Trinajstić information content (AvgIpc) is 0.667. The highest BCUT2D eigenvalue weighted by Crippen LogP contribution is 2.76. The molecule has 1 aromatic carbocycles. The van der Waals surface area contributed by atoms with Crippen molar-refractivity contribution in [1.82, 2.24) is 0 Å². The lowest BCUT2D eigenvalue weighted by Gasteiger charge is -2.71. The molecule has 1 aromatic rings. The van der Waals surface area contributed by atoms with Crippen LogP contribution in [0.1, 0.15) is 112 Å². The third kappa shape index (κ3) is 14.1. The number of ether oxygens (including phenoxy) is 13. The molecule has 5 aliphatic heterocycles. The minimum atomic E-state index is -2.18. The summed E-state index contributed by atoms with van der Waals surface area (Å²) >= 11 is 0. The van der Waals surface area contributed by atoms with E-state index in [0.29, 0.717) is 16.9 Å². The van der Waals surface area contributed by atoms with Gasteiger partial charge in [0.1, 0.15) is 115 Å². The van der Waals surface area contributed by atoms with Crippen LogP contribution in [0.2, 0.25) is 0 Å². The Morgan fingerprint density at radius 2 is 1.18 bits per heavy atom. The predicted octanol–water partition coefficient (Wildman–Crippen LogP) is -2.69. The number of carbonyl (C=O) groups is 4. The molecular formula is C71H104O33. The summed E-state index contributed by atoms with van der Waals surface area (Å²) in [5, 5.41) is 181. The van der Waals surface area contributed by atoms with Gasteiger partial charge in [-0.1, -0.05) is 51.5 Å². The second kappa shape index (κ2) is 30.7. The van der Waals surface area contributed by atoms with E-state index in [9.17, 15) is 96.1 Å². The number of rotatable bonds is 19. The van der Waals surface area contributed by atoms with Crippen molar-refractivity contribution in [2.75, 3.05) is 33.5 Å². The van der Waals surface area contributed by atoms with Crippen LogP contribution in [0.4, 0.5) is 0 Å². The summed E-state index contributed by atoms with van der Waals surface area (Å²) in [5.74, 6) is -6.01. The number of carbonyl (C=O) groups excluding carboxylic acids is 3. The minimum Gasteiger partial charge on any atom is -0.497 e. The third-order valence-corrected chi connectivity index (χ3v) is 25.1. The first-order valence-electron chi connectivity index (χ1n) is 35.6. The summed E-state index contributed by atoms with van der Waals surface area (Å²) in [5.41, 5.74) is -6.65. The molecule has 35 atom stereocenters. The highest BCUT2D eigenvalue weighted by atomic mass is 16.8. The second-order valence-corrected chi connectivity index (χ2v) is 31.7. The van der Waals surface area contributed by atoms with Gasteiger partial charge < -0.3 is 143 Å². The summed E-state index contributed by atoms with van der Waals surface area (Å²) < 4.78 is 78.5. The maximum absolute atomic E-state index is 16.4. The van der Waals surface area contributed by atoms with Gasteiger partial charge in [0.15, 0.2) is 37.4 Å². The number of hydrogen-bond acceptors (Lipinski definition) is 32. The van der Waals surface area contributed by atoms with Gasteiger partial charge in [0.05, 0.1) is 56.8 Å². The van der Waals surface area contributed by atoms with E-state index in [1.165, 1.54) is 34.0 Å². The Bertz CT molecular complexity index is 3260. The van der Waals surface area contributed by atoms with Gasteiger partial charge in [0, 0.05) is 18.4 Å². The van der Waals surface area contributed by atoms with Crippen molar-refractivity contribution in [1.29, 1.82) is 0 Å². The lowest BCUT2D eigenvalue weighted by atomic mass is 9.33. The van der Waals surface area contributed by atoms with Gasteiger partial charge in [-0.3, -0.25) is 14.4 Å². The van der Waals surface area contributed by atoms with Crippen molar-refractivity contribution in [3.8, 4) is 5.75 Å². The molecule has 0 aromatic heterocycles. The molecule has 0 spiro atoms. The zero-order valence-corrected chi connectivity index (χ0v) is 59.4. The fourth-order valence-corrected chi connectivity index (χ4v) is 19.4. The summed E-state index contributed by atoms with van der Waals surface area (Å²) in [4.78, 5) is 56.7. The van der Waals surface area contributed by atoms with Crippen LogP contribution in [0.3, 0.4) is 0 Å². The molecule has 11 rings (SSSR count). The average molecular weight is 1490 g/mol. The summed E-state index contributed by atoms with van der Waals surface area (Å²) in [6, 6.07) is 6.55. The summed E-state index contributed by atoms with van der Waals surface area (Å²) in [6.45, 7) is 10.5. The molecule has 586 valence electrons. The van der Waals surface area contributed by atoms with Gasteiger partial charge in [-0.25, -0.2) is 4.79 Å². The maximum atomic E-state index is 16.4. The van der Waals surface area contributed by atoms with E-state index in [0.717, 1.165) is 13.0 Å². The van der Waals surface area contributed by atoms with E-state index in [1.807, 2.05) is 33.8 Å². The number of aliphatic hydroxyl groups is 15. The molecule has 5 heterocycles. The number of carboxylic acids is 1. The van der Waals surface area contributed by atoms with E-state index >= 15 is 4.79 Å². The third-order valence-electron chi connectivity index (χ3n) is 25.1. The number of esters is 3. The lowest BCUT2D eigenvalue weighted by Crippen LogP contribution is -2.71. The van der Waals surface area contributed by atoms with Crippen LogP contribution in [0.5, 0.6) is 5.75 Å². The van der Waals surface area contributed by atoms with Crippen LogP contribution in [0.25, 0.3) is 6.08 Å². The molecule has 33 nitrogen and oxygen atoms in total. The number of fused-ring (bicyclic) bond motifs is 7. The number of benzene rings is 1. The molecule has 5 aliphatic carbocycles. The first-order valence-corrected chi connectivity index (χ1v) is 35.6. The van der Waals surface area contributed by atoms with Gasteiger partial charge in [-0.05, 0) is 130 Å². The van der Waals surface area contributed by atoms with Crippen LogP contribution >= 0.6 is 0 Å². The SMILES string of the molecule is COc1ccc(/C=C\C(=O)O[C@@H]2[C@H](O[C@@H]3O[C@H](COC(C)=O)[C@@H](O)[C@H](O)[C@H]3O)[C@@H](O[C@@H]3O[C@@H](C)[C@H](O[C@@H]4OC[C@@H](O)[C@H](O)[C@H]4O)[C@@H](O)[C@H]3O)[C@H](OC(=O)[C@@]34CC[C@]5(CO)C(=CC[C@@H]6[C@@]7(C)C[C@H](O)[C@H](O[C@@H]8O[C@H](CO)[C@@H](O)[C@H](O)[C@H]8O)[C@@](C)(C(=O)O)C7CC[C@]65C)[C@@H]3CC(C)(C)C[C@H]4O)O[C@@H]2C)cc1. The number of aliphatic hydroxyl groups excluding tert-OH is 15. The van der Waals surface area contributed by atoms with Crippen molar-refractivity contribution >= 4 is 30.0 Å². The van der Waals surface area contributed by atoms with Gasteiger partial charge in [-0.2, -0.15) is 0 Å². The van der Waals surface area contributed by atoms with Crippen molar-refractivity contribution in [2.24, 2.45) is 50.2 Å². The Morgan fingerprint density at radius 1 is 0.596 bits per heavy atom. The quantitative estimate of drug-likeness (QED) is 0.0220. The number of allylic oxidation sites excluding steroid dienone is 1. The molecule has 1 unspecified atom stereocenters. The predicted molar refractivity (Wildman–Crippen MR) is 348 cm³/mol. The molecule has 5 saturated heterocycles. The van der Waals surface area contributed by atoms with Crippen molar-refractivity contribution < 1.29 is 162 Å². The van der Waals surface area contributed by atoms with Crippen LogP contribution in [-0.4, -0.2) is 305 Å². The highest BCUT2D eigenvalue weighted by Gasteiger charge is 2.75. The van der Waals surface area contributed by atoms with E-state index < -0.39 is 266 Å². The molecule has 9 fully saturated rings. The van der Waals surface area contributed by atoms with E-state index in [4.69, 9.17) is 61.6 Å². The zero-order valence-electron chi connectivity index (χ0n) is 59.4. The summed E-state index contributed by atoms with van der Waals surface area (Å²) in [6.07, 6.45) is -43.6. The topological polar surface area (TPSA) is 512 Å². The van der Waals surface area contributed by atoms with Crippen LogP contribution in [0.15, 0.2) is 42.0 Å². The molecule has 0 amide bonds. The van der Waals surface area contributed by atoms with Crippen LogP contribution in [0, 0.1) is 50.2 Å². The first kappa shape index (κ1) is 80.4. The Morgan fingerprint density at radius 3 is 1.82 bits per heavy atom. The fraction of sp³-hybridized carbons (Fsp3) is 0.803. The Kier molecular flexibility index (Phi) is 23.7. The summed E-state index contributed by atoms with van der Waals surface area (Å²) in [7, 11) is 1.47. The largest absolute Gasteiger partial charge is 0.497 e. The smallest absolute Gasteiger partial charge is 0.331 e. The van der Waals surface area contributed by atoms with E-state index in [2.05, 4.69) is 0 Å². The lowest BCUT2D eigenvalue weighted by molar-refractivity contribution is -0.391. The molecular weight excluding hydrogens is 1380 g/mol. The first-order chi connectivity index (χ1) is 48.9. The molecule has 0 radical (unpaired) electrons. The van der Waals surface area contributed by atoms with Gasteiger partial charge in [0.2, 0.25) is 6.29 Å². The Labute approximate surface area is 600 Å². The van der Waals surface area contributed by atoms with Gasteiger partial charge >= 0.3 is 23.9 Å². The number of aliphatic carboxylic acids is 1.